The van der Waals surface area contributed by atoms with E-state index in [9.17, 15) is 4.79 Å². The number of nitrogens with zero attached hydrogens (tertiary/aromatic N) is 4. The zero-order valence-corrected chi connectivity index (χ0v) is 10.4. The van der Waals surface area contributed by atoms with Crippen LogP contribution in [0.1, 0.15) is 30.0 Å². The van der Waals surface area contributed by atoms with Gasteiger partial charge in [0.1, 0.15) is 5.51 Å². The maximum Gasteiger partial charge on any atom is 0.274 e. The molecular weight excluding hydrogens is 224 g/mol. The van der Waals surface area contributed by atoms with E-state index < -0.39 is 0 Å². The lowest BCUT2D eigenvalue weighted by molar-refractivity contribution is 0.0764. The predicted octanol–water partition coefficient (Wildman–Crippen LogP) is 1.58. The Bertz CT molecular complexity index is 512. The van der Waals surface area contributed by atoms with Crippen LogP contribution in [-0.2, 0) is 0 Å². The molecule has 0 spiro atoms. The summed E-state index contributed by atoms with van der Waals surface area (Å²) in [4.78, 5) is 19.1. The molecule has 0 fully saturated rings. The molecule has 0 aromatic carbocycles. The van der Waals surface area contributed by atoms with Crippen LogP contribution >= 0.6 is 11.3 Å². The predicted molar refractivity (Wildman–Crippen MR) is 62.9 cm³/mol. The van der Waals surface area contributed by atoms with Crippen molar-refractivity contribution in [3.63, 3.8) is 0 Å². The number of hydrogen-bond donors (Lipinski definition) is 0. The average molecular weight is 238 g/mol. The Morgan fingerprint density at radius 2 is 2.19 bits per heavy atom. The fourth-order valence-corrected chi connectivity index (χ4v) is 2.36. The van der Waals surface area contributed by atoms with Gasteiger partial charge in [-0.15, -0.1) is 0 Å². The van der Waals surface area contributed by atoms with Crippen molar-refractivity contribution in [2.24, 2.45) is 0 Å². The molecule has 0 bridgehead atoms. The highest BCUT2D eigenvalue weighted by Crippen LogP contribution is 2.16. The maximum atomic E-state index is 12.2. The highest BCUT2D eigenvalue weighted by atomic mass is 32.1. The topological polar surface area (TPSA) is 50.5 Å². The summed E-state index contributed by atoms with van der Waals surface area (Å²) in [6.45, 7) is 7.18. The second-order valence-corrected chi connectivity index (χ2v) is 4.27. The van der Waals surface area contributed by atoms with Gasteiger partial charge in [-0.2, -0.15) is 9.61 Å². The number of imidazole rings is 1. The minimum Gasteiger partial charge on any atom is -0.338 e. The zero-order valence-electron chi connectivity index (χ0n) is 9.60. The fraction of sp³-hybridized carbons (Fsp3) is 0.500. The Morgan fingerprint density at radius 3 is 2.81 bits per heavy atom. The van der Waals surface area contributed by atoms with Gasteiger partial charge >= 0.3 is 0 Å². The van der Waals surface area contributed by atoms with Crippen molar-refractivity contribution in [2.75, 3.05) is 13.1 Å². The van der Waals surface area contributed by atoms with Crippen LogP contribution in [0.4, 0.5) is 0 Å². The normalized spacial score (nSPS) is 10.9. The molecule has 2 rings (SSSR count). The average Bonchev–Trinajstić information content (AvgIpc) is 2.78. The highest BCUT2D eigenvalue weighted by Gasteiger charge is 2.21. The van der Waals surface area contributed by atoms with Gasteiger partial charge in [0.25, 0.3) is 5.91 Å². The summed E-state index contributed by atoms with van der Waals surface area (Å²) in [7, 11) is 0. The lowest BCUT2D eigenvalue weighted by atomic mass is 10.3. The van der Waals surface area contributed by atoms with Gasteiger partial charge in [0, 0.05) is 13.1 Å². The third-order valence-electron chi connectivity index (χ3n) is 2.57. The van der Waals surface area contributed by atoms with Crippen LogP contribution < -0.4 is 0 Å². The van der Waals surface area contributed by atoms with Gasteiger partial charge in [-0.1, -0.05) is 11.3 Å². The molecule has 0 aliphatic carbocycles. The fourth-order valence-electron chi connectivity index (χ4n) is 1.70. The molecule has 0 radical (unpaired) electrons. The van der Waals surface area contributed by atoms with Crippen molar-refractivity contribution in [1.82, 2.24) is 19.5 Å². The standard InChI is InChI=1S/C10H14N4OS/c1-4-13(5-2)9(15)8-7(3)12-10-14(8)11-6-16-10/h6H,4-5H2,1-3H3. The molecule has 0 unspecified atom stereocenters. The first-order valence-corrected chi connectivity index (χ1v) is 6.15. The van der Waals surface area contributed by atoms with Gasteiger partial charge in [-0.05, 0) is 20.8 Å². The van der Waals surface area contributed by atoms with Crippen LogP contribution in [0, 0.1) is 6.92 Å². The summed E-state index contributed by atoms with van der Waals surface area (Å²) in [5.41, 5.74) is 3.03. The smallest absolute Gasteiger partial charge is 0.274 e. The Kier molecular flexibility index (Phi) is 2.91. The van der Waals surface area contributed by atoms with Gasteiger partial charge in [-0.25, -0.2) is 4.98 Å². The Hall–Kier alpha value is -1.43. The van der Waals surface area contributed by atoms with Crippen molar-refractivity contribution < 1.29 is 4.79 Å². The van der Waals surface area contributed by atoms with E-state index in [0.29, 0.717) is 18.8 Å². The molecule has 0 aliphatic heterocycles. The van der Waals surface area contributed by atoms with E-state index in [2.05, 4.69) is 10.1 Å². The van der Waals surface area contributed by atoms with Crippen LogP contribution in [0.5, 0.6) is 0 Å². The molecule has 0 N–H and O–H groups in total. The number of carbonyl (C=O) groups is 1. The number of carbonyl (C=O) groups excluding carboxylic acids is 1. The highest BCUT2D eigenvalue weighted by molar-refractivity contribution is 7.14. The van der Waals surface area contributed by atoms with E-state index in [4.69, 9.17) is 0 Å². The summed E-state index contributed by atoms with van der Waals surface area (Å²) in [6.07, 6.45) is 0. The third-order valence-corrected chi connectivity index (χ3v) is 3.25. The minimum atomic E-state index is 0.000833. The van der Waals surface area contributed by atoms with Crippen LogP contribution in [0.15, 0.2) is 5.51 Å². The Morgan fingerprint density at radius 1 is 1.50 bits per heavy atom. The maximum absolute atomic E-state index is 12.2. The molecule has 6 heteroatoms. The summed E-state index contributed by atoms with van der Waals surface area (Å²) < 4.78 is 1.63. The van der Waals surface area contributed by atoms with E-state index in [-0.39, 0.29) is 5.91 Å². The second kappa shape index (κ2) is 4.21. The summed E-state index contributed by atoms with van der Waals surface area (Å²) in [5, 5.41) is 4.14. The summed E-state index contributed by atoms with van der Waals surface area (Å²) in [6, 6.07) is 0. The lowest BCUT2D eigenvalue weighted by Gasteiger charge is -2.17. The SMILES string of the molecule is CCN(CC)C(=O)c1c(C)nc2scnn12. The number of fused-ring (bicyclic) bond motifs is 1. The summed E-state index contributed by atoms with van der Waals surface area (Å²) in [5.74, 6) is 0.000833. The molecule has 0 saturated heterocycles. The Labute approximate surface area is 97.7 Å². The second-order valence-electron chi connectivity index (χ2n) is 3.46. The first-order chi connectivity index (χ1) is 7.69. The van der Waals surface area contributed by atoms with Crippen LogP contribution in [0.25, 0.3) is 4.96 Å². The van der Waals surface area contributed by atoms with Crippen molar-refractivity contribution in [1.29, 1.82) is 0 Å². The van der Waals surface area contributed by atoms with E-state index >= 15 is 0 Å². The van der Waals surface area contributed by atoms with E-state index in [1.807, 2.05) is 20.8 Å². The number of aromatic nitrogens is 3. The van der Waals surface area contributed by atoms with Crippen LogP contribution in [0.2, 0.25) is 0 Å². The molecule has 2 aromatic rings. The van der Waals surface area contributed by atoms with Gasteiger partial charge in [0.2, 0.25) is 4.96 Å². The van der Waals surface area contributed by atoms with E-state index in [1.165, 1.54) is 11.3 Å². The van der Waals surface area contributed by atoms with Crippen LogP contribution in [0.3, 0.4) is 0 Å². The molecule has 2 aromatic heterocycles. The molecule has 86 valence electrons. The quantitative estimate of drug-likeness (QED) is 0.815. The lowest BCUT2D eigenvalue weighted by Crippen LogP contribution is -2.32. The number of hydrogen-bond acceptors (Lipinski definition) is 4. The number of rotatable bonds is 3. The molecule has 0 saturated carbocycles. The summed E-state index contributed by atoms with van der Waals surface area (Å²) >= 11 is 1.44. The van der Waals surface area contributed by atoms with E-state index in [1.54, 1.807) is 14.9 Å². The number of aryl methyl sites for hydroxylation is 1. The molecular formula is C10H14N4OS. The molecule has 0 atom stereocenters. The largest absolute Gasteiger partial charge is 0.338 e. The molecule has 0 aliphatic rings. The molecule has 1 amide bonds. The van der Waals surface area contributed by atoms with Gasteiger partial charge in [-0.3, -0.25) is 4.79 Å². The van der Waals surface area contributed by atoms with E-state index in [0.717, 1.165) is 10.7 Å². The van der Waals surface area contributed by atoms with Crippen molar-refractivity contribution >= 4 is 22.2 Å². The van der Waals surface area contributed by atoms with Crippen molar-refractivity contribution in [3.8, 4) is 0 Å². The Balaban J connectivity index is 2.49. The van der Waals surface area contributed by atoms with Gasteiger partial charge in [0.05, 0.1) is 5.69 Å². The molecule has 16 heavy (non-hydrogen) atoms. The van der Waals surface area contributed by atoms with Crippen molar-refractivity contribution in [2.45, 2.75) is 20.8 Å². The van der Waals surface area contributed by atoms with Gasteiger partial charge in [0.15, 0.2) is 5.69 Å². The van der Waals surface area contributed by atoms with Gasteiger partial charge < -0.3 is 4.90 Å². The molecule has 2 heterocycles. The first kappa shape index (κ1) is 11.1. The molecule has 5 nitrogen and oxygen atoms in total. The minimum absolute atomic E-state index is 0.000833. The number of amides is 1. The monoisotopic (exact) mass is 238 g/mol. The third kappa shape index (κ3) is 1.59. The zero-order chi connectivity index (χ0) is 11.7. The first-order valence-electron chi connectivity index (χ1n) is 5.27. The van der Waals surface area contributed by atoms with Crippen LogP contribution in [-0.4, -0.2) is 38.5 Å². The van der Waals surface area contributed by atoms with Crippen molar-refractivity contribution in [3.05, 3.63) is 16.9 Å².